The molecule has 2 aliphatic carbocycles. The summed E-state index contributed by atoms with van der Waals surface area (Å²) in [7, 11) is 0. The van der Waals surface area contributed by atoms with E-state index in [-0.39, 0.29) is 0 Å². The van der Waals surface area contributed by atoms with Crippen LogP contribution in [0.15, 0.2) is 473 Å². The van der Waals surface area contributed by atoms with E-state index in [0.717, 1.165) is 117 Å². The van der Waals surface area contributed by atoms with Crippen LogP contribution in [0.25, 0.3) is 189 Å². The Morgan fingerprint density at radius 3 is 0.913 bits per heavy atom. The van der Waals surface area contributed by atoms with Crippen molar-refractivity contribution in [1.29, 1.82) is 0 Å². The van der Waals surface area contributed by atoms with Gasteiger partial charge >= 0.3 is 0 Å². The number of rotatable bonds is 15. The summed E-state index contributed by atoms with van der Waals surface area (Å²) in [5.74, 6) is 1.36. The molecule has 22 aromatic rings. The first kappa shape index (κ1) is 73.5. The van der Waals surface area contributed by atoms with Crippen LogP contribution in [-0.2, 0) is 10.8 Å². The van der Waals surface area contributed by atoms with Gasteiger partial charge in [-0.15, -0.1) is 0 Å². The van der Waals surface area contributed by atoms with Crippen LogP contribution in [0.4, 0.5) is 0 Å². The highest BCUT2D eigenvalue weighted by atomic mass is 14.9. The lowest BCUT2D eigenvalue weighted by molar-refractivity contribution is 0.771. The van der Waals surface area contributed by atoms with Gasteiger partial charge in [-0.05, 0) is 214 Å². The maximum Gasteiger partial charge on any atom is 0.160 e. The number of hydrogen-bond acceptors (Lipinski definition) is 4. The fourth-order valence-corrected chi connectivity index (χ4v) is 20.8. The summed E-state index contributed by atoms with van der Waals surface area (Å²) in [5, 5.41) is 9.35. The van der Waals surface area contributed by atoms with E-state index >= 15 is 0 Å². The van der Waals surface area contributed by atoms with Gasteiger partial charge in [-0.1, -0.05) is 425 Å². The van der Waals surface area contributed by atoms with Crippen LogP contribution in [0.2, 0.25) is 0 Å². The molecule has 24 rings (SSSR count). The molecular formula is C122H78N4. The highest BCUT2D eigenvalue weighted by Crippen LogP contribution is 2.62. The zero-order valence-corrected chi connectivity index (χ0v) is 68.8. The first-order chi connectivity index (χ1) is 62.4. The SMILES string of the molecule is c1ccc(-c2cc(-c3ccc(-c4cccc(-c5cccc6c5C(c5ccccc5)(c5ccccc5)c5cc7ccc(-c8ccc(-c9cc(-c%10ccc(-c%11ccc(-c%12cccc%13c%12C(c%12ccccc%12)(c%12ccccc%12)c%12cc%14ccccc%14cc%12-%13)cc%11)c%11ccccc%10%11)nc(-c%10ccccc%10)n9)cc8)cc7cc5-6)c4)c4ccccc34)nc(-c3ccccc3)n2)cc1. The fraction of sp³-hybridized carbons (Fsp3) is 0.0164. The van der Waals surface area contributed by atoms with E-state index < -0.39 is 10.8 Å². The summed E-state index contributed by atoms with van der Waals surface area (Å²) < 4.78 is 0. The van der Waals surface area contributed by atoms with Gasteiger partial charge in [0.1, 0.15) is 0 Å². The molecule has 0 spiro atoms. The topological polar surface area (TPSA) is 51.6 Å². The molecule has 0 saturated heterocycles. The Morgan fingerprint density at radius 2 is 0.444 bits per heavy atom. The van der Waals surface area contributed by atoms with Gasteiger partial charge in [0.15, 0.2) is 11.6 Å². The van der Waals surface area contributed by atoms with E-state index in [1.54, 1.807) is 0 Å². The second-order valence-corrected chi connectivity index (χ2v) is 33.3. The van der Waals surface area contributed by atoms with Crippen molar-refractivity contribution in [1.82, 2.24) is 19.9 Å². The molecule has 126 heavy (non-hydrogen) atoms. The maximum absolute atomic E-state index is 5.44. The van der Waals surface area contributed by atoms with E-state index in [2.05, 4.69) is 443 Å². The molecule has 0 radical (unpaired) electrons. The summed E-state index contributed by atoms with van der Waals surface area (Å²) in [6.45, 7) is 0. The molecule has 586 valence electrons. The summed E-state index contributed by atoms with van der Waals surface area (Å²) in [5.41, 5.74) is 34.8. The van der Waals surface area contributed by atoms with Crippen molar-refractivity contribution in [2.24, 2.45) is 0 Å². The number of benzene rings is 20. The maximum atomic E-state index is 5.44. The van der Waals surface area contributed by atoms with Crippen LogP contribution in [-0.4, -0.2) is 19.9 Å². The smallest absolute Gasteiger partial charge is 0.160 e. The Kier molecular flexibility index (Phi) is 17.7. The first-order valence-corrected chi connectivity index (χ1v) is 43.4. The van der Waals surface area contributed by atoms with Gasteiger partial charge in [-0.2, -0.15) is 0 Å². The normalized spacial score (nSPS) is 12.7. The molecule has 0 aliphatic heterocycles. The van der Waals surface area contributed by atoms with E-state index in [0.29, 0.717) is 11.6 Å². The zero-order valence-electron chi connectivity index (χ0n) is 68.8. The van der Waals surface area contributed by atoms with Gasteiger partial charge in [0.2, 0.25) is 0 Å². The predicted octanol–water partition coefficient (Wildman–Crippen LogP) is 30.9. The molecule has 2 aliphatic rings. The van der Waals surface area contributed by atoms with Crippen molar-refractivity contribution >= 4 is 43.1 Å². The number of fused-ring (bicyclic) bond motifs is 10. The van der Waals surface area contributed by atoms with Gasteiger partial charge in [-0.3, -0.25) is 0 Å². The average Bonchev–Trinajstić information content (AvgIpc) is 1.53. The quantitative estimate of drug-likeness (QED) is 0.103. The van der Waals surface area contributed by atoms with E-state index in [1.165, 1.54) is 105 Å². The molecule has 0 unspecified atom stereocenters. The molecular weight excluding hydrogens is 1520 g/mol. The molecule has 0 saturated carbocycles. The lowest BCUT2D eigenvalue weighted by Gasteiger charge is -2.35. The Labute approximate surface area is 732 Å². The summed E-state index contributed by atoms with van der Waals surface area (Å²) in [6, 6.07) is 174. The van der Waals surface area contributed by atoms with E-state index in [4.69, 9.17) is 19.9 Å². The predicted molar refractivity (Wildman–Crippen MR) is 522 cm³/mol. The van der Waals surface area contributed by atoms with Gasteiger partial charge in [0, 0.05) is 33.4 Å². The van der Waals surface area contributed by atoms with E-state index in [1.807, 2.05) is 30.3 Å². The third kappa shape index (κ3) is 12.1. The zero-order chi connectivity index (χ0) is 83.2. The minimum absolute atomic E-state index is 0.576. The van der Waals surface area contributed by atoms with Crippen molar-refractivity contribution in [3.8, 4) is 146 Å². The van der Waals surface area contributed by atoms with Crippen molar-refractivity contribution in [2.45, 2.75) is 10.8 Å². The molecule has 20 aromatic carbocycles. The summed E-state index contributed by atoms with van der Waals surface area (Å²) in [4.78, 5) is 21.3. The standard InChI is InChI=1S/C122H78N4/c1-8-31-82(32-9-1)113-77-115(125-119(123-113)84-33-10-2-11-34-84)106-70-68-98(102-50-25-27-52-104(102)106)90-39-28-40-91(72-90)100-54-30-56-108-110-74-92-71-88(65-66-89(92)76-112(110)122(118(100)108,95-45-18-6-19-46-95)96-47-20-7-21-48-96)79-57-63-83(64-58-79)114-78-116(126-120(124-114)85-35-12-3-13-36-85)105-69-67-97(101-49-24-26-51-103(101)105)80-59-61-81(62-60-80)99-53-29-55-107-109-73-86-37-22-23-38-87(86)75-111(109)121(117(99)107,93-41-14-4-15-42-93)94-43-16-5-17-44-94/h1-78H. The minimum Gasteiger partial charge on any atom is -0.228 e. The number of hydrogen-bond donors (Lipinski definition) is 0. The van der Waals surface area contributed by atoms with Crippen LogP contribution in [0.5, 0.6) is 0 Å². The molecule has 0 bridgehead atoms. The van der Waals surface area contributed by atoms with Crippen LogP contribution < -0.4 is 0 Å². The third-order valence-electron chi connectivity index (χ3n) is 26.4. The van der Waals surface area contributed by atoms with Gasteiger partial charge in [0.05, 0.1) is 33.6 Å². The molecule has 2 heterocycles. The summed E-state index contributed by atoms with van der Waals surface area (Å²) >= 11 is 0. The number of nitrogens with zero attached hydrogens (tertiary/aromatic N) is 4. The van der Waals surface area contributed by atoms with Crippen molar-refractivity contribution in [3.63, 3.8) is 0 Å². The molecule has 4 nitrogen and oxygen atoms in total. The average molecular weight is 1600 g/mol. The highest BCUT2D eigenvalue weighted by Gasteiger charge is 2.50. The van der Waals surface area contributed by atoms with Crippen LogP contribution >= 0.6 is 0 Å². The van der Waals surface area contributed by atoms with Crippen molar-refractivity contribution in [3.05, 3.63) is 518 Å². The fourth-order valence-electron chi connectivity index (χ4n) is 20.8. The largest absolute Gasteiger partial charge is 0.228 e. The highest BCUT2D eigenvalue weighted by molar-refractivity contribution is 6.08. The summed E-state index contributed by atoms with van der Waals surface area (Å²) in [6.07, 6.45) is 0. The Hall–Kier alpha value is -16.4. The second-order valence-electron chi connectivity index (χ2n) is 33.3. The van der Waals surface area contributed by atoms with Crippen molar-refractivity contribution < 1.29 is 0 Å². The molecule has 0 fully saturated rings. The molecule has 2 aromatic heterocycles. The molecule has 0 N–H and O–H groups in total. The monoisotopic (exact) mass is 1600 g/mol. The van der Waals surface area contributed by atoms with Gasteiger partial charge < -0.3 is 0 Å². The molecule has 4 heteroatoms. The second kappa shape index (κ2) is 30.3. The Bertz CT molecular complexity index is 7880. The third-order valence-corrected chi connectivity index (χ3v) is 26.4. The van der Waals surface area contributed by atoms with Gasteiger partial charge in [0.25, 0.3) is 0 Å². The number of aromatic nitrogens is 4. The lowest BCUT2D eigenvalue weighted by atomic mass is 9.66. The molecule has 0 atom stereocenters. The van der Waals surface area contributed by atoms with Crippen LogP contribution in [0, 0.1) is 0 Å². The van der Waals surface area contributed by atoms with E-state index in [9.17, 15) is 0 Å². The van der Waals surface area contributed by atoms with Crippen molar-refractivity contribution in [2.75, 3.05) is 0 Å². The lowest BCUT2D eigenvalue weighted by Crippen LogP contribution is -2.29. The first-order valence-electron chi connectivity index (χ1n) is 43.4. The van der Waals surface area contributed by atoms with Gasteiger partial charge in [-0.25, -0.2) is 19.9 Å². The van der Waals surface area contributed by atoms with Crippen LogP contribution in [0.1, 0.15) is 44.5 Å². The Balaban J connectivity index is 0.575. The molecule has 0 amide bonds. The van der Waals surface area contributed by atoms with Crippen LogP contribution in [0.3, 0.4) is 0 Å². The minimum atomic E-state index is -0.685. The Morgan fingerprint density at radius 1 is 0.143 bits per heavy atom.